The van der Waals surface area contributed by atoms with E-state index in [1.165, 1.54) is 6.08 Å². The Morgan fingerprint density at radius 3 is 2.40 bits per heavy atom. The molecule has 0 unspecified atom stereocenters. The average Bonchev–Trinajstić information content (AvgIpc) is 2.99. The molecule has 0 amide bonds. The summed E-state index contributed by atoms with van der Waals surface area (Å²) >= 11 is 0. The number of ether oxygens (including phenoxy) is 1. The third-order valence-corrected chi connectivity index (χ3v) is 8.28. The molecule has 0 aliphatic carbocycles. The lowest BCUT2D eigenvalue weighted by Crippen LogP contribution is -2.39. The number of nitrogens with one attached hydrogen (secondary N) is 1. The van der Waals surface area contributed by atoms with Crippen molar-refractivity contribution in [3.05, 3.63) is 95.5 Å². The molecular weight excluding hydrogens is 562 g/mol. The van der Waals surface area contributed by atoms with Crippen LogP contribution >= 0.6 is 0 Å². The summed E-state index contributed by atoms with van der Waals surface area (Å²) < 4.78 is 29.5. The molecule has 2 aromatic heterocycles. The van der Waals surface area contributed by atoms with E-state index in [1.807, 2.05) is 56.3 Å². The highest BCUT2D eigenvalue weighted by Gasteiger charge is 2.22. The Balaban J connectivity index is 1.30. The summed E-state index contributed by atoms with van der Waals surface area (Å²) in [5.74, 6) is 1.64. The minimum Gasteiger partial charge on any atom is -0.438 e. The fourth-order valence-electron chi connectivity index (χ4n) is 5.17. The Hall–Kier alpha value is -4.63. The number of rotatable bonds is 9. The van der Waals surface area contributed by atoms with Gasteiger partial charge in [-0.3, -0.25) is 9.88 Å². The molecule has 1 fully saturated rings. The first kappa shape index (κ1) is 29.8. The SMILES string of the molecule is Cc1cc(C=CC#N)cc(C)c1Oc1nc(NC2CCN(Cc3ccc(S(N)(=O)=O)cc3)CC2)ncc1-c1ccncc1. The summed E-state index contributed by atoms with van der Waals surface area (Å²) in [5.41, 5.74) is 5.47. The molecule has 1 aliphatic rings. The molecule has 1 saturated heterocycles. The van der Waals surface area contributed by atoms with Gasteiger partial charge in [-0.05, 0) is 97.0 Å². The Kier molecular flexibility index (Phi) is 9.11. The van der Waals surface area contributed by atoms with Crippen LogP contribution < -0.4 is 15.2 Å². The number of anilines is 1. The van der Waals surface area contributed by atoms with E-state index in [9.17, 15) is 8.42 Å². The number of pyridine rings is 1. The molecule has 220 valence electrons. The zero-order valence-electron chi connectivity index (χ0n) is 24.1. The van der Waals surface area contributed by atoms with E-state index in [0.29, 0.717) is 17.6 Å². The Labute approximate surface area is 251 Å². The van der Waals surface area contributed by atoms with E-state index in [0.717, 1.165) is 65.9 Å². The molecule has 3 N–H and O–H groups in total. The van der Waals surface area contributed by atoms with Gasteiger partial charge in [-0.1, -0.05) is 12.1 Å². The van der Waals surface area contributed by atoms with Gasteiger partial charge >= 0.3 is 0 Å². The Bertz CT molecular complexity index is 1740. The van der Waals surface area contributed by atoms with Crippen molar-refractivity contribution >= 4 is 22.0 Å². The maximum Gasteiger partial charge on any atom is 0.238 e. The Morgan fingerprint density at radius 1 is 1.09 bits per heavy atom. The standard InChI is InChI=1S/C32H33N7O3S/c1-22-18-25(4-3-13-33)19-23(2)30(22)42-31-29(26-9-14-35-15-10-26)20-36-32(38-31)37-27-11-16-39(17-12-27)21-24-5-7-28(8-6-24)43(34,40)41/h3-10,14-15,18-20,27H,11-12,16-17,21H2,1-2H3,(H2,34,40,41)(H,36,37,38). The van der Waals surface area contributed by atoms with Gasteiger partial charge in [0.1, 0.15) is 5.75 Å². The van der Waals surface area contributed by atoms with Crippen molar-refractivity contribution in [1.29, 1.82) is 5.26 Å². The van der Waals surface area contributed by atoms with Crippen LogP contribution in [0.1, 0.15) is 35.1 Å². The van der Waals surface area contributed by atoms with Crippen molar-refractivity contribution in [2.24, 2.45) is 5.14 Å². The number of hydrogen-bond donors (Lipinski definition) is 2. The number of nitrogens with two attached hydrogens (primary N) is 1. The second-order valence-corrected chi connectivity index (χ2v) is 12.1. The molecule has 0 atom stereocenters. The van der Waals surface area contributed by atoms with E-state index in [1.54, 1.807) is 36.8 Å². The molecular formula is C32H33N7O3S. The van der Waals surface area contributed by atoms with Crippen LogP contribution in [0.2, 0.25) is 0 Å². The van der Waals surface area contributed by atoms with Gasteiger partial charge in [0, 0.05) is 50.3 Å². The number of hydrogen-bond acceptors (Lipinski definition) is 9. The van der Waals surface area contributed by atoms with Crippen molar-refractivity contribution in [1.82, 2.24) is 19.9 Å². The van der Waals surface area contributed by atoms with Crippen LogP contribution in [0.25, 0.3) is 17.2 Å². The number of primary sulfonamides is 1. The zero-order valence-corrected chi connectivity index (χ0v) is 24.9. The number of sulfonamides is 1. The summed E-state index contributed by atoms with van der Waals surface area (Å²) in [7, 11) is -3.70. The lowest BCUT2D eigenvalue weighted by molar-refractivity contribution is 0.211. The zero-order chi connectivity index (χ0) is 30.4. The van der Waals surface area contributed by atoms with Crippen molar-refractivity contribution < 1.29 is 13.2 Å². The monoisotopic (exact) mass is 595 g/mol. The van der Waals surface area contributed by atoms with Crippen LogP contribution in [-0.2, 0) is 16.6 Å². The number of aromatic nitrogens is 3. The predicted molar refractivity (Wildman–Crippen MR) is 166 cm³/mol. The second kappa shape index (κ2) is 13.1. The summed E-state index contributed by atoms with van der Waals surface area (Å²) in [6.45, 7) is 6.42. The molecule has 5 rings (SSSR count). The van der Waals surface area contributed by atoms with E-state index >= 15 is 0 Å². The maximum absolute atomic E-state index is 11.5. The van der Waals surface area contributed by atoms with E-state index in [4.69, 9.17) is 20.1 Å². The average molecular weight is 596 g/mol. The first-order valence-electron chi connectivity index (χ1n) is 13.9. The third kappa shape index (κ3) is 7.61. The van der Waals surface area contributed by atoms with Crippen molar-refractivity contribution in [3.8, 4) is 28.8 Å². The van der Waals surface area contributed by atoms with Gasteiger partial charge in [-0.2, -0.15) is 10.2 Å². The fourth-order valence-corrected chi connectivity index (χ4v) is 5.69. The molecule has 0 bridgehead atoms. The number of nitriles is 1. The van der Waals surface area contributed by atoms with Crippen molar-refractivity contribution in [2.75, 3.05) is 18.4 Å². The highest BCUT2D eigenvalue weighted by atomic mass is 32.2. The number of piperidine rings is 1. The van der Waals surface area contributed by atoms with Crippen LogP contribution in [0.5, 0.6) is 11.6 Å². The van der Waals surface area contributed by atoms with Gasteiger partial charge in [-0.15, -0.1) is 0 Å². The second-order valence-electron chi connectivity index (χ2n) is 10.6. The van der Waals surface area contributed by atoms with Crippen molar-refractivity contribution in [2.45, 2.75) is 44.2 Å². The van der Waals surface area contributed by atoms with E-state index < -0.39 is 10.0 Å². The number of allylic oxidation sites excluding steroid dienone is 1. The molecule has 0 spiro atoms. The van der Waals surface area contributed by atoms with Gasteiger partial charge in [0.05, 0.1) is 16.5 Å². The van der Waals surface area contributed by atoms with Gasteiger partial charge in [0.15, 0.2) is 0 Å². The maximum atomic E-state index is 11.5. The van der Waals surface area contributed by atoms with E-state index in [2.05, 4.69) is 20.2 Å². The minimum absolute atomic E-state index is 0.118. The summed E-state index contributed by atoms with van der Waals surface area (Å²) in [6, 6.07) is 16.7. The van der Waals surface area contributed by atoms with Gasteiger partial charge in [0.2, 0.25) is 21.9 Å². The fraction of sp³-hybridized carbons (Fsp3) is 0.250. The lowest BCUT2D eigenvalue weighted by atomic mass is 10.0. The molecule has 2 aromatic carbocycles. The minimum atomic E-state index is -3.70. The molecule has 11 heteroatoms. The van der Waals surface area contributed by atoms with E-state index in [-0.39, 0.29) is 10.9 Å². The summed E-state index contributed by atoms with van der Waals surface area (Å²) in [6.07, 6.45) is 10.2. The highest BCUT2D eigenvalue weighted by Crippen LogP contribution is 2.35. The first-order chi connectivity index (χ1) is 20.7. The van der Waals surface area contributed by atoms with Crippen LogP contribution in [0.4, 0.5) is 5.95 Å². The van der Waals surface area contributed by atoms with Gasteiger partial charge in [-0.25, -0.2) is 18.5 Å². The molecule has 3 heterocycles. The normalized spacial score (nSPS) is 14.5. The topological polar surface area (TPSA) is 147 Å². The van der Waals surface area contributed by atoms with Crippen LogP contribution in [0, 0.1) is 25.2 Å². The number of likely N-dealkylation sites (tertiary alicyclic amines) is 1. The molecule has 0 radical (unpaired) electrons. The third-order valence-electron chi connectivity index (χ3n) is 7.36. The number of aryl methyl sites for hydroxylation is 2. The number of nitrogens with zero attached hydrogens (tertiary/aromatic N) is 5. The summed E-state index contributed by atoms with van der Waals surface area (Å²) in [4.78, 5) is 16.0. The lowest BCUT2D eigenvalue weighted by Gasteiger charge is -2.32. The van der Waals surface area contributed by atoms with Gasteiger partial charge < -0.3 is 10.1 Å². The molecule has 43 heavy (non-hydrogen) atoms. The quantitative estimate of drug-likeness (QED) is 0.249. The molecule has 0 saturated carbocycles. The molecule has 1 aliphatic heterocycles. The Morgan fingerprint density at radius 2 is 1.77 bits per heavy atom. The predicted octanol–water partition coefficient (Wildman–Crippen LogP) is 5.21. The largest absolute Gasteiger partial charge is 0.438 e. The highest BCUT2D eigenvalue weighted by molar-refractivity contribution is 7.89. The van der Waals surface area contributed by atoms with Gasteiger partial charge in [0.25, 0.3) is 0 Å². The van der Waals surface area contributed by atoms with Crippen LogP contribution in [-0.4, -0.2) is 47.4 Å². The number of benzene rings is 2. The summed E-state index contributed by atoms with van der Waals surface area (Å²) in [5, 5.41) is 17.6. The molecule has 4 aromatic rings. The van der Waals surface area contributed by atoms with Crippen LogP contribution in [0.15, 0.2) is 78.1 Å². The first-order valence-corrected chi connectivity index (χ1v) is 15.5. The smallest absolute Gasteiger partial charge is 0.238 e. The van der Waals surface area contributed by atoms with Crippen molar-refractivity contribution in [3.63, 3.8) is 0 Å². The molecule has 10 nitrogen and oxygen atoms in total. The van der Waals surface area contributed by atoms with Crippen LogP contribution in [0.3, 0.4) is 0 Å².